The first kappa shape index (κ1) is 40.6. The molecule has 12 aromatic carbocycles. The first-order valence-corrected chi connectivity index (χ1v) is 24.4. The smallest absolute Gasteiger partial charge is 0.0547 e. The highest BCUT2D eigenvalue weighted by atomic mass is 15.1. The van der Waals surface area contributed by atoms with E-state index in [9.17, 15) is 0 Å². The van der Waals surface area contributed by atoms with Crippen LogP contribution in [0, 0.1) is 0 Å². The molecule has 0 saturated heterocycles. The molecule has 0 bridgehead atoms. The topological polar surface area (TPSA) is 13.1 Å². The summed E-state index contributed by atoms with van der Waals surface area (Å²) in [5, 5.41) is 9.81. The number of para-hydroxylation sites is 4. The molecule has 71 heavy (non-hydrogen) atoms. The Kier molecular flexibility index (Phi) is 9.53. The number of benzene rings is 12. The van der Waals surface area contributed by atoms with Crippen LogP contribution in [0.4, 0.5) is 17.1 Å². The summed E-state index contributed by atoms with van der Waals surface area (Å²) in [5.74, 6) is 0. The van der Waals surface area contributed by atoms with Gasteiger partial charge >= 0.3 is 0 Å². The fourth-order valence-corrected chi connectivity index (χ4v) is 11.2. The van der Waals surface area contributed by atoms with Gasteiger partial charge in [-0.25, -0.2) is 0 Å². The van der Waals surface area contributed by atoms with E-state index in [1.54, 1.807) is 0 Å². The molecule has 0 aliphatic heterocycles. The molecule has 14 aromatic rings. The molecule has 0 atom stereocenters. The van der Waals surface area contributed by atoms with Crippen molar-refractivity contribution in [2.24, 2.45) is 0 Å². The maximum Gasteiger partial charge on any atom is 0.0547 e. The third-order valence-corrected chi connectivity index (χ3v) is 14.5. The van der Waals surface area contributed by atoms with Crippen LogP contribution < -0.4 is 4.90 Å². The Labute approximate surface area is 412 Å². The summed E-state index contributed by atoms with van der Waals surface area (Å²) in [6.45, 7) is 0. The van der Waals surface area contributed by atoms with E-state index in [0.717, 1.165) is 28.4 Å². The van der Waals surface area contributed by atoms with Gasteiger partial charge in [-0.3, -0.25) is 0 Å². The molecular weight excluding hydrogens is 859 g/mol. The molecule has 14 rings (SSSR count). The van der Waals surface area contributed by atoms with Crippen LogP contribution in [0.2, 0.25) is 0 Å². The molecule has 0 spiro atoms. The van der Waals surface area contributed by atoms with Gasteiger partial charge in [-0.1, -0.05) is 194 Å². The maximum atomic E-state index is 2.45. The van der Waals surface area contributed by atoms with Crippen molar-refractivity contribution in [1.82, 2.24) is 9.13 Å². The summed E-state index contributed by atoms with van der Waals surface area (Å²) >= 11 is 0. The number of nitrogens with zero attached hydrogens (tertiary/aromatic N) is 3. The minimum Gasteiger partial charge on any atom is -0.309 e. The zero-order valence-corrected chi connectivity index (χ0v) is 38.8. The van der Waals surface area contributed by atoms with Crippen LogP contribution in [-0.2, 0) is 0 Å². The van der Waals surface area contributed by atoms with Crippen molar-refractivity contribution in [2.75, 3.05) is 4.90 Å². The zero-order chi connectivity index (χ0) is 46.8. The highest BCUT2D eigenvalue weighted by molar-refractivity contribution is 6.14. The van der Waals surface area contributed by atoms with E-state index in [1.807, 2.05) is 0 Å². The molecule has 0 saturated carbocycles. The average Bonchev–Trinajstić information content (AvgIpc) is 3.96. The predicted molar refractivity (Wildman–Crippen MR) is 301 cm³/mol. The summed E-state index contributed by atoms with van der Waals surface area (Å²) in [7, 11) is 0. The van der Waals surface area contributed by atoms with E-state index in [0.29, 0.717) is 0 Å². The summed E-state index contributed by atoms with van der Waals surface area (Å²) in [5.41, 5.74) is 17.6. The van der Waals surface area contributed by atoms with Gasteiger partial charge in [0.15, 0.2) is 0 Å². The van der Waals surface area contributed by atoms with Gasteiger partial charge < -0.3 is 14.0 Å². The van der Waals surface area contributed by atoms with E-state index in [2.05, 4.69) is 287 Å². The second-order valence-electron chi connectivity index (χ2n) is 18.5. The molecule has 3 heteroatoms. The van der Waals surface area contributed by atoms with Crippen molar-refractivity contribution in [3.63, 3.8) is 0 Å². The van der Waals surface area contributed by atoms with Gasteiger partial charge in [-0.15, -0.1) is 0 Å². The standard InChI is InChI=1S/C68H45N3/c1-3-18-52(19-4-1)69-65-28-14-12-26-60(65)62-44-51(37-42-67(62)69)55-41-43-66(58-24-10-9-23-57(55)58)70(63-29-15-17-49-16-7-8-22-56(49)63)54-38-34-47(35-39-54)46-30-32-48(33-31-46)50-36-40-61-59-25-11-13-27-64(59)71(68(61)45-50)53-20-5-2-6-21-53/h1-45H. The molecule has 0 aliphatic rings. The molecule has 0 radical (unpaired) electrons. The lowest BCUT2D eigenvalue weighted by molar-refractivity contribution is 1.18. The summed E-state index contributed by atoms with van der Waals surface area (Å²) in [4.78, 5) is 2.45. The van der Waals surface area contributed by atoms with Gasteiger partial charge in [0.1, 0.15) is 0 Å². The summed E-state index contributed by atoms with van der Waals surface area (Å²) < 4.78 is 4.77. The highest BCUT2D eigenvalue weighted by Crippen LogP contribution is 2.46. The van der Waals surface area contributed by atoms with Crippen molar-refractivity contribution in [3.8, 4) is 44.8 Å². The lowest BCUT2D eigenvalue weighted by Gasteiger charge is -2.29. The third kappa shape index (κ3) is 6.74. The molecule has 0 amide bonds. The number of hydrogen-bond acceptors (Lipinski definition) is 1. The Morgan fingerprint density at radius 3 is 1.39 bits per heavy atom. The summed E-state index contributed by atoms with van der Waals surface area (Å²) in [6.07, 6.45) is 0. The molecule has 0 N–H and O–H groups in total. The molecule has 332 valence electrons. The summed E-state index contributed by atoms with van der Waals surface area (Å²) in [6, 6.07) is 99.7. The highest BCUT2D eigenvalue weighted by Gasteiger charge is 2.21. The molecular formula is C68H45N3. The van der Waals surface area contributed by atoms with Gasteiger partial charge in [0.05, 0.1) is 33.4 Å². The van der Waals surface area contributed by atoms with Crippen LogP contribution in [0.5, 0.6) is 0 Å². The first-order chi connectivity index (χ1) is 35.2. The molecule has 2 aromatic heterocycles. The largest absolute Gasteiger partial charge is 0.309 e. The molecule has 2 heterocycles. The van der Waals surface area contributed by atoms with Gasteiger partial charge in [0.25, 0.3) is 0 Å². The van der Waals surface area contributed by atoms with Crippen LogP contribution in [0.1, 0.15) is 0 Å². The fourth-order valence-electron chi connectivity index (χ4n) is 11.2. The lowest BCUT2D eigenvalue weighted by Crippen LogP contribution is -2.11. The number of fused-ring (bicyclic) bond motifs is 8. The Hall–Kier alpha value is -9.44. The van der Waals surface area contributed by atoms with Crippen molar-refractivity contribution >= 4 is 82.2 Å². The van der Waals surface area contributed by atoms with E-state index in [1.165, 1.54) is 98.5 Å². The van der Waals surface area contributed by atoms with Crippen molar-refractivity contribution in [2.45, 2.75) is 0 Å². The van der Waals surface area contributed by atoms with Crippen LogP contribution in [0.25, 0.3) is 110 Å². The van der Waals surface area contributed by atoms with Crippen LogP contribution in [0.15, 0.2) is 273 Å². The SMILES string of the molecule is c1ccc(-n2c3ccccc3c3cc(-c4ccc(N(c5ccc(-c6ccc(-c7ccc8c9ccccc9n(-c9ccccc9)c8c7)cc6)cc5)c5cccc6ccccc56)c5ccccc45)ccc32)cc1. The predicted octanol–water partition coefficient (Wildman–Crippen LogP) is 18.7. The second kappa shape index (κ2) is 16.7. The van der Waals surface area contributed by atoms with Gasteiger partial charge in [0, 0.05) is 49.4 Å². The van der Waals surface area contributed by atoms with Gasteiger partial charge in [-0.05, 0) is 123 Å². The molecule has 0 fully saturated rings. The fraction of sp³-hybridized carbons (Fsp3) is 0. The van der Waals surface area contributed by atoms with Crippen molar-refractivity contribution in [1.29, 1.82) is 0 Å². The maximum absolute atomic E-state index is 2.45. The molecule has 0 aliphatic carbocycles. The van der Waals surface area contributed by atoms with Crippen LogP contribution in [0.3, 0.4) is 0 Å². The second-order valence-corrected chi connectivity index (χ2v) is 18.5. The Bertz CT molecular complexity index is 4310. The Balaban J connectivity index is 0.849. The van der Waals surface area contributed by atoms with Gasteiger partial charge in [0.2, 0.25) is 0 Å². The number of rotatable bonds is 8. The van der Waals surface area contributed by atoms with E-state index < -0.39 is 0 Å². The van der Waals surface area contributed by atoms with Crippen molar-refractivity contribution < 1.29 is 0 Å². The Morgan fingerprint density at radius 1 is 0.239 bits per heavy atom. The van der Waals surface area contributed by atoms with E-state index in [-0.39, 0.29) is 0 Å². The molecule has 0 unspecified atom stereocenters. The zero-order valence-electron chi connectivity index (χ0n) is 38.8. The first-order valence-electron chi connectivity index (χ1n) is 24.4. The van der Waals surface area contributed by atoms with Gasteiger partial charge in [-0.2, -0.15) is 0 Å². The van der Waals surface area contributed by atoms with E-state index in [4.69, 9.17) is 0 Å². The number of hydrogen-bond donors (Lipinski definition) is 0. The average molecular weight is 904 g/mol. The number of anilines is 3. The van der Waals surface area contributed by atoms with E-state index >= 15 is 0 Å². The van der Waals surface area contributed by atoms with Crippen LogP contribution in [-0.4, -0.2) is 9.13 Å². The molecule has 3 nitrogen and oxygen atoms in total. The monoisotopic (exact) mass is 903 g/mol. The quantitative estimate of drug-likeness (QED) is 0.148. The minimum atomic E-state index is 1.09. The Morgan fingerprint density at radius 2 is 0.704 bits per heavy atom. The third-order valence-electron chi connectivity index (χ3n) is 14.5. The minimum absolute atomic E-state index is 1.09. The normalized spacial score (nSPS) is 11.7. The van der Waals surface area contributed by atoms with Crippen molar-refractivity contribution in [3.05, 3.63) is 273 Å². The van der Waals surface area contributed by atoms with Crippen LogP contribution >= 0.6 is 0 Å². The lowest BCUT2D eigenvalue weighted by atomic mass is 9.95. The number of aromatic nitrogens is 2.